The summed E-state index contributed by atoms with van der Waals surface area (Å²) in [5.41, 5.74) is 2.54. The second-order valence-electron chi connectivity index (χ2n) is 14.7. The first kappa shape index (κ1) is 37.3. The highest BCUT2D eigenvalue weighted by Crippen LogP contribution is 2.45. The van der Waals surface area contributed by atoms with Gasteiger partial charge in [-0.25, -0.2) is 0 Å². The molecule has 282 valence electrons. The van der Waals surface area contributed by atoms with Crippen LogP contribution in [0.5, 0.6) is 11.5 Å². The van der Waals surface area contributed by atoms with Crippen LogP contribution in [0.3, 0.4) is 0 Å². The number of carbonyl (C=O) groups is 2. The number of carbonyl (C=O) groups excluding carboxylic acids is 2. The molecule has 0 aliphatic heterocycles. The predicted octanol–water partition coefficient (Wildman–Crippen LogP) is 8.84. The molecule has 5 aromatic carbocycles. The Morgan fingerprint density at radius 1 is 0.745 bits per heavy atom. The molecule has 7 rings (SSSR count). The molecule has 0 atom stereocenters. The Morgan fingerprint density at radius 2 is 1.33 bits per heavy atom. The summed E-state index contributed by atoms with van der Waals surface area (Å²) in [5, 5.41) is 13.3. The van der Waals surface area contributed by atoms with Gasteiger partial charge < -0.3 is 33.8 Å². The Morgan fingerprint density at radius 3 is 1.95 bits per heavy atom. The first-order chi connectivity index (χ1) is 26.6. The first-order valence-electron chi connectivity index (χ1n) is 18.7. The van der Waals surface area contributed by atoms with Crippen molar-refractivity contribution in [3.05, 3.63) is 120 Å². The molecule has 0 aliphatic carbocycles. The number of aryl methyl sites for hydroxylation is 2. The van der Waals surface area contributed by atoms with E-state index in [1.807, 2.05) is 113 Å². The monoisotopic (exact) mass is 736 g/mol. The Hall–Kier alpha value is -5.97. The lowest BCUT2D eigenvalue weighted by molar-refractivity contribution is 0.0735. The third kappa shape index (κ3) is 7.97. The van der Waals surface area contributed by atoms with Gasteiger partial charge in [0, 0.05) is 42.7 Å². The maximum absolute atomic E-state index is 14.3. The largest absolute Gasteiger partial charge is 0.456 e. The summed E-state index contributed by atoms with van der Waals surface area (Å²) < 4.78 is 14.3. The van der Waals surface area contributed by atoms with E-state index in [2.05, 4.69) is 38.5 Å². The molecule has 0 aliphatic rings. The molecule has 1 N–H and O–H groups in total. The van der Waals surface area contributed by atoms with E-state index in [0.717, 1.165) is 75.3 Å². The van der Waals surface area contributed by atoms with Gasteiger partial charge in [-0.2, -0.15) is 0 Å². The fourth-order valence-electron chi connectivity index (χ4n) is 7.28. The average Bonchev–Trinajstić information content (AvgIpc) is 3.74. The number of nitrogens with one attached hydrogen (secondary N) is 1. The molecule has 0 saturated heterocycles. The fraction of sp³-hybridized carbons (Fsp3) is 0.267. The van der Waals surface area contributed by atoms with Gasteiger partial charge in [-0.3, -0.25) is 9.59 Å². The Balaban J connectivity index is 1.22. The number of rotatable bonds is 14. The lowest BCUT2D eigenvalue weighted by Crippen LogP contribution is -2.36. The van der Waals surface area contributed by atoms with E-state index >= 15 is 0 Å². The summed E-state index contributed by atoms with van der Waals surface area (Å²) in [6.45, 7) is 4.81. The van der Waals surface area contributed by atoms with E-state index in [-0.39, 0.29) is 11.8 Å². The zero-order valence-electron chi connectivity index (χ0n) is 32.4. The number of amides is 2. The highest BCUT2D eigenvalue weighted by atomic mass is 16.5. The van der Waals surface area contributed by atoms with Crippen LogP contribution in [-0.2, 0) is 7.05 Å². The zero-order valence-corrected chi connectivity index (χ0v) is 32.4. The van der Waals surface area contributed by atoms with E-state index in [1.54, 1.807) is 23.8 Å². The van der Waals surface area contributed by atoms with Gasteiger partial charge in [-0.1, -0.05) is 84.0 Å². The van der Waals surface area contributed by atoms with Gasteiger partial charge in [0.1, 0.15) is 34.2 Å². The highest BCUT2D eigenvalue weighted by molar-refractivity contribution is 6.20. The Labute approximate surface area is 321 Å². The molecule has 0 spiro atoms. The van der Waals surface area contributed by atoms with Gasteiger partial charge in [0.05, 0.1) is 5.69 Å². The van der Waals surface area contributed by atoms with Gasteiger partial charge in [0.2, 0.25) is 0 Å². The van der Waals surface area contributed by atoms with Gasteiger partial charge in [-0.05, 0) is 101 Å². The normalized spacial score (nSPS) is 11.6. The van der Waals surface area contributed by atoms with Crippen molar-refractivity contribution in [2.45, 2.75) is 19.8 Å². The van der Waals surface area contributed by atoms with Crippen molar-refractivity contribution in [2.24, 2.45) is 7.05 Å². The lowest BCUT2D eigenvalue weighted by Gasteiger charge is -2.24. The first-order valence-corrected chi connectivity index (χ1v) is 18.7. The molecule has 55 heavy (non-hydrogen) atoms. The Bertz CT molecular complexity index is 2430. The molecule has 0 unspecified atom stereocenters. The third-order valence-electron chi connectivity index (χ3n) is 9.99. The molecule has 10 nitrogen and oxygen atoms in total. The quantitative estimate of drug-likeness (QED) is 0.112. The summed E-state index contributed by atoms with van der Waals surface area (Å²) in [7, 11) is 9.98. The molecule has 2 aromatic heterocycles. The molecule has 0 radical (unpaired) electrons. The number of hydrogen-bond donors (Lipinski definition) is 1. The maximum atomic E-state index is 14.3. The van der Waals surface area contributed by atoms with Gasteiger partial charge >= 0.3 is 0 Å². The second kappa shape index (κ2) is 16.2. The molecular formula is C45H48N6O4. The molecule has 0 saturated carbocycles. The van der Waals surface area contributed by atoms with E-state index < -0.39 is 0 Å². The van der Waals surface area contributed by atoms with Crippen LogP contribution < -0.4 is 10.1 Å². The van der Waals surface area contributed by atoms with Crippen molar-refractivity contribution < 1.29 is 18.8 Å². The topological polar surface area (TPSA) is 96.1 Å². The molecule has 2 amide bonds. The van der Waals surface area contributed by atoms with Crippen molar-refractivity contribution in [3.63, 3.8) is 0 Å². The van der Waals surface area contributed by atoms with E-state index in [9.17, 15) is 9.59 Å². The van der Waals surface area contributed by atoms with Gasteiger partial charge in [0.15, 0.2) is 0 Å². The molecule has 7 aromatic rings. The number of hydrogen-bond acceptors (Lipinski definition) is 7. The summed E-state index contributed by atoms with van der Waals surface area (Å²) in [5.74, 6) is 1.39. The van der Waals surface area contributed by atoms with Crippen LogP contribution in [0.1, 0.15) is 39.4 Å². The van der Waals surface area contributed by atoms with Crippen LogP contribution >= 0.6 is 0 Å². The molecule has 0 bridgehead atoms. The van der Waals surface area contributed by atoms with Crippen LogP contribution in [0.25, 0.3) is 43.6 Å². The van der Waals surface area contributed by atoms with Gasteiger partial charge in [0.25, 0.3) is 11.8 Å². The van der Waals surface area contributed by atoms with Crippen LogP contribution in [0, 0.1) is 6.92 Å². The molecule has 2 heterocycles. The Kier molecular flexibility index (Phi) is 11.0. The molecule has 0 fully saturated rings. The number of benzene rings is 5. The summed E-state index contributed by atoms with van der Waals surface area (Å²) in [6.07, 6.45) is 3.50. The number of fused-ring (bicyclic) bond motifs is 3. The van der Waals surface area contributed by atoms with Crippen molar-refractivity contribution >= 4 is 49.8 Å². The van der Waals surface area contributed by atoms with Crippen molar-refractivity contribution in [3.8, 4) is 22.8 Å². The number of nitrogens with zero attached hydrogens (tertiary/aromatic N) is 5. The standard InChI is InChI=1S/C45H48N6O4/c1-30-40(44(52)46-33-28-39(50(6)29-33)45(53)51(25-13-23-48(2)3)26-14-24-49(4)5)42(47-55-30)41-35-17-9-11-19-37(35)43(38-20-12-10-18-36(38)41)54-34-22-21-31-15-7-8-16-32(31)27-34/h7-12,15-22,27-29H,13-14,23-26H2,1-6H3,(H,46,52). The summed E-state index contributed by atoms with van der Waals surface area (Å²) in [4.78, 5) is 34.3. The summed E-state index contributed by atoms with van der Waals surface area (Å²) in [6, 6.07) is 32.1. The lowest BCUT2D eigenvalue weighted by atomic mass is 9.92. The zero-order chi connectivity index (χ0) is 38.6. The SMILES string of the molecule is Cc1onc(-c2c3ccccc3c(Oc3ccc4ccccc4c3)c3ccccc23)c1C(=O)Nc1cc(C(=O)N(CCCN(C)C)CCCN(C)C)n(C)c1. The highest BCUT2D eigenvalue weighted by Gasteiger charge is 2.27. The van der Waals surface area contributed by atoms with Gasteiger partial charge in [-0.15, -0.1) is 0 Å². The average molecular weight is 737 g/mol. The summed E-state index contributed by atoms with van der Waals surface area (Å²) >= 11 is 0. The molecule has 10 heteroatoms. The second-order valence-corrected chi connectivity index (χ2v) is 14.7. The minimum absolute atomic E-state index is 0.0636. The molecular weight excluding hydrogens is 689 g/mol. The number of anilines is 1. The third-order valence-corrected chi connectivity index (χ3v) is 9.99. The van der Waals surface area contributed by atoms with Crippen molar-refractivity contribution in [1.82, 2.24) is 24.4 Å². The fourth-order valence-corrected chi connectivity index (χ4v) is 7.28. The van der Waals surface area contributed by atoms with E-state index in [0.29, 0.717) is 41.5 Å². The van der Waals surface area contributed by atoms with Crippen molar-refractivity contribution in [1.29, 1.82) is 0 Å². The van der Waals surface area contributed by atoms with Crippen LogP contribution in [-0.4, -0.2) is 90.6 Å². The van der Waals surface area contributed by atoms with Crippen LogP contribution in [0.2, 0.25) is 0 Å². The smallest absolute Gasteiger partial charge is 0.270 e. The maximum Gasteiger partial charge on any atom is 0.270 e. The van der Waals surface area contributed by atoms with Crippen molar-refractivity contribution in [2.75, 3.05) is 59.7 Å². The van der Waals surface area contributed by atoms with E-state index in [1.165, 1.54) is 0 Å². The minimum atomic E-state index is -0.378. The number of ether oxygens (including phenoxy) is 1. The number of aromatic nitrogens is 2. The van der Waals surface area contributed by atoms with Crippen LogP contribution in [0.4, 0.5) is 5.69 Å². The minimum Gasteiger partial charge on any atom is -0.456 e. The van der Waals surface area contributed by atoms with E-state index in [4.69, 9.17) is 9.26 Å². The van der Waals surface area contributed by atoms with Crippen LogP contribution in [0.15, 0.2) is 108 Å². The predicted molar refractivity (Wildman–Crippen MR) is 221 cm³/mol.